The van der Waals surface area contributed by atoms with Crippen molar-refractivity contribution in [3.63, 3.8) is 0 Å². The molecule has 0 amide bonds. The molecule has 2 rings (SSSR count). The molecule has 21 heavy (non-hydrogen) atoms. The zero-order valence-electron chi connectivity index (χ0n) is 12.9. The van der Waals surface area contributed by atoms with E-state index < -0.39 is 0 Å². The second kappa shape index (κ2) is 6.58. The average molecular weight is 349 g/mol. The fraction of sp³-hybridized carbons (Fsp3) is 0.353. The number of aromatic nitrogens is 1. The molecule has 4 heteroatoms. The van der Waals surface area contributed by atoms with Crippen molar-refractivity contribution in [2.45, 2.75) is 39.8 Å². The highest BCUT2D eigenvalue weighted by Gasteiger charge is 2.13. The summed E-state index contributed by atoms with van der Waals surface area (Å²) in [4.78, 5) is 4.23. The van der Waals surface area contributed by atoms with Gasteiger partial charge in [-0.1, -0.05) is 28.1 Å². The standard InChI is InChI=1S/C17H21BrN2O/c1-10(2)21-15-7-14(8-20-9-15)17(19)13-5-11(3)16(18)12(4)6-13/h5-10,17H,19H2,1-4H3. The fourth-order valence-corrected chi connectivity index (χ4v) is 2.52. The predicted octanol–water partition coefficient (Wildman–Crippen LogP) is 4.30. The summed E-state index contributed by atoms with van der Waals surface area (Å²) in [5, 5.41) is 0. The van der Waals surface area contributed by atoms with Crippen molar-refractivity contribution in [2.75, 3.05) is 0 Å². The second-order valence-corrected chi connectivity index (χ2v) is 6.36. The van der Waals surface area contributed by atoms with Crippen molar-refractivity contribution in [1.82, 2.24) is 4.98 Å². The number of halogens is 1. The van der Waals surface area contributed by atoms with Crippen LogP contribution in [0.5, 0.6) is 5.75 Å². The summed E-state index contributed by atoms with van der Waals surface area (Å²) >= 11 is 3.58. The molecular formula is C17H21BrN2O. The monoisotopic (exact) mass is 348 g/mol. The summed E-state index contributed by atoms with van der Waals surface area (Å²) in [7, 11) is 0. The molecule has 0 bridgehead atoms. The van der Waals surface area contributed by atoms with Crippen LogP contribution in [-0.4, -0.2) is 11.1 Å². The number of hydrogen-bond donors (Lipinski definition) is 1. The summed E-state index contributed by atoms with van der Waals surface area (Å²) in [5.41, 5.74) is 10.8. The Balaban J connectivity index is 2.33. The van der Waals surface area contributed by atoms with E-state index in [0.29, 0.717) is 0 Å². The maximum Gasteiger partial charge on any atom is 0.138 e. The molecule has 0 aliphatic heterocycles. The summed E-state index contributed by atoms with van der Waals surface area (Å²) in [5.74, 6) is 0.753. The first-order chi connectivity index (χ1) is 9.88. The van der Waals surface area contributed by atoms with Gasteiger partial charge in [-0.15, -0.1) is 0 Å². The van der Waals surface area contributed by atoms with Crippen LogP contribution < -0.4 is 10.5 Å². The summed E-state index contributed by atoms with van der Waals surface area (Å²) in [6.07, 6.45) is 3.63. The number of nitrogens with zero attached hydrogens (tertiary/aromatic N) is 1. The van der Waals surface area contributed by atoms with Crippen LogP contribution in [0.2, 0.25) is 0 Å². The lowest BCUT2D eigenvalue weighted by Crippen LogP contribution is -2.14. The van der Waals surface area contributed by atoms with Gasteiger partial charge in [0.2, 0.25) is 0 Å². The molecule has 3 nitrogen and oxygen atoms in total. The van der Waals surface area contributed by atoms with Crippen LogP contribution >= 0.6 is 15.9 Å². The first-order valence-electron chi connectivity index (χ1n) is 7.02. The molecule has 1 aromatic carbocycles. The minimum absolute atomic E-state index is 0.121. The van der Waals surface area contributed by atoms with Crippen LogP contribution in [0.3, 0.4) is 0 Å². The normalized spacial score (nSPS) is 12.5. The molecule has 1 unspecified atom stereocenters. The van der Waals surface area contributed by atoms with Crippen LogP contribution in [0.4, 0.5) is 0 Å². The third-order valence-corrected chi connectivity index (χ3v) is 4.53. The van der Waals surface area contributed by atoms with Gasteiger partial charge in [0.25, 0.3) is 0 Å². The summed E-state index contributed by atoms with van der Waals surface area (Å²) in [6, 6.07) is 5.97. The van der Waals surface area contributed by atoms with E-state index in [0.717, 1.165) is 21.3 Å². The number of benzene rings is 1. The molecule has 2 aromatic rings. The van der Waals surface area contributed by atoms with E-state index in [-0.39, 0.29) is 12.1 Å². The van der Waals surface area contributed by atoms with Crippen LogP contribution in [0.1, 0.15) is 42.1 Å². The van der Waals surface area contributed by atoms with Gasteiger partial charge in [-0.3, -0.25) is 4.98 Å². The van der Waals surface area contributed by atoms with E-state index in [1.54, 1.807) is 12.4 Å². The zero-order chi connectivity index (χ0) is 15.6. The molecule has 0 aliphatic rings. The van der Waals surface area contributed by atoms with Crippen molar-refractivity contribution in [1.29, 1.82) is 0 Å². The molecule has 112 valence electrons. The molecule has 1 atom stereocenters. The molecule has 1 heterocycles. The van der Waals surface area contributed by atoms with Crippen molar-refractivity contribution < 1.29 is 4.74 Å². The van der Waals surface area contributed by atoms with Crippen LogP contribution in [0.15, 0.2) is 35.1 Å². The summed E-state index contributed by atoms with van der Waals surface area (Å²) in [6.45, 7) is 8.13. The van der Waals surface area contributed by atoms with Gasteiger partial charge >= 0.3 is 0 Å². The molecule has 0 aliphatic carbocycles. The molecular weight excluding hydrogens is 328 g/mol. The van der Waals surface area contributed by atoms with E-state index in [1.165, 1.54) is 11.1 Å². The van der Waals surface area contributed by atoms with E-state index in [2.05, 4.69) is 46.9 Å². The smallest absolute Gasteiger partial charge is 0.138 e. The molecule has 0 saturated carbocycles. The van der Waals surface area contributed by atoms with Gasteiger partial charge in [0.05, 0.1) is 18.3 Å². The molecule has 0 radical (unpaired) electrons. The Labute approximate surface area is 134 Å². The molecule has 0 fully saturated rings. The Hall–Kier alpha value is -1.39. The van der Waals surface area contributed by atoms with E-state index in [9.17, 15) is 0 Å². The van der Waals surface area contributed by atoms with E-state index in [4.69, 9.17) is 10.5 Å². The Kier molecular flexibility index (Phi) is 5.01. The third kappa shape index (κ3) is 3.83. The van der Waals surface area contributed by atoms with E-state index in [1.807, 2.05) is 19.9 Å². The number of rotatable bonds is 4. The van der Waals surface area contributed by atoms with Crippen LogP contribution in [0.25, 0.3) is 0 Å². The Morgan fingerprint density at radius 3 is 2.24 bits per heavy atom. The van der Waals surface area contributed by atoms with Gasteiger partial charge in [0, 0.05) is 10.7 Å². The number of ether oxygens (including phenoxy) is 1. The Morgan fingerprint density at radius 1 is 1.05 bits per heavy atom. The maximum atomic E-state index is 6.39. The first kappa shape index (κ1) is 16.0. The predicted molar refractivity (Wildman–Crippen MR) is 89.6 cm³/mol. The van der Waals surface area contributed by atoms with E-state index >= 15 is 0 Å². The Bertz CT molecular complexity index is 617. The van der Waals surface area contributed by atoms with Crippen LogP contribution in [-0.2, 0) is 0 Å². The molecule has 1 aromatic heterocycles. The largest absolute Gasteiger partial charge is 0.489 e. The minimum atomic E-state index is -0.210. The first-order valence-corrected chi connectivity index (χ1v) is 7.81. The van der Waals surface area contributed by atoms with Gasteiger partial charge in [-0.05, 0) is 56.0 Å². The average Bonchev–Trinajstić information content (AvgIpc) is 2.43. The van der Waals surface area contributed by atoms with Crippen LogP contribution in [0, 0.1) is 13.8 Å². The SMILES string of the molecule is Cc1cc(C(N)c2cncc(OC(C)C)c2)cc(C)c1Br. The number of aryl methyl sites for hydroxylation is 2. The van der Waals surface area contributed by atoms with Crippen molar-refractivity contribution in [2.24, 2.45) is 5.73 Å². The number of hydrogen-bond acceptors (Lipinski definition) is 3. The summed E-state index contributed by atoms with van der Waals surface area (Å²) < 4.78 is 6.81. The highest BCUT2D eigenvalue weighted by atomic mass is 79.9. The molecule has 2 N–H and O–H groups in total. The van der Waals surface area contributed by atoms with Crippen molar-refractivity contribution in [3.8, 4) is 5.75 Å². The quantitative estimate of drug-likeness (QED) is 0.895. The third-order valence-electron chi connectivity index (χ3n) is 3.28. The highest BCUT2D eigenvalue weighted by Crippen LogP contribution is 2.28. The lowest BCUT2D eigenvalue weighted by atomic mass is 9.97. The van der Waals surface area contributed by atoms with Gasteiger partial charge < -0.3 is 10.5 Å². The van der Waals surface area contributed by atoms with Crippen molar-refractivity contribution in [3.05, 3.63) is 57.3 Å². The maximum absolute atomic E-state index is 6.39. The molecule has 0 spiro atoms. The second-order valence-electron chi connectivity index (χ2n) is 5.57. The topological polar surface area (TPSA) is 48.1 Å². The lowest BCUT2D eigenvalue weighted by Gasteiger charge is -2.17. The fourth-order valence-electron chi connectivity index (χ4n) is 2.29. The van der Waals surface area contributed by atoms with Gasteiger partial charge in [0.1, 0.15) is 5.75 Å². The Morgan fingerprint density at radius 2 is 1.67 bits per heavy atom. The highest BCUT2D eigenvalue weighted by molar-refractivity contribution is 9.10. The number of pyridine rings is 1. The van der Waals surface area contributed by atoms with Gasteiger partial charge in [0.15, 0.2) is 0 Å². The van der Waals surface area contributed by atoms with Gasteiger partial charge in [-0.25, -0.2) is 0 Å². The zero-order valence-corrected chi connectivity index (χ0v) is 14.4. The lowest BCUT2D eigenvalue weighted by molar-refractivity contribution is 0.241. The van der Waals surface area contributed by atoms with Gasteiger partial charge in [-0.2, -0.15) is 0 Å². The van der Waals surface area contributed by atoms with Crippen molar-refractivity contribution >= 4 is 15.9 Å². The minimum Gasteiger partial charge on any atom is -0.489 e. The number of nitrogens with two attached hydrogens (primary N) is 1. The molecule has 0 saturated heterocycles.